The quantitative estimate of drug-likeness (QED) is 0.727. The van der Waals surface area contributed by atoms with Crippen LogP contribution in [0.1, 0.15) is 24.7 Å². The van der Waals surface area contributed by atoms with Gasteiger partial charge in [0.15, 0.2) is 5.60 Å². The molecule has 3 nitrogen and oxygen atoms in total. The summed E-state index contributed by atoms with van der Waals surface area (Å²) in [4.78, 5) is 6.97. The Bertz CT molecular complexity index is 371. The molecule has 0 unspecified atom stereocenters. The number of aromatic nitrogens is 2. The summed E-state index contributed by atoms with van der Waals surface area (Å²) in [6.07, 6.45) is 3.26. The van der Waals surface area contributed by atoms with Gasteiger partial charge in [-0.1, -0.05) is 5.92 Å². The van der Waals surface area contributed by atoms with Crippen molar-refractivity contribution in [3.05, 3.63) is 23.8 Å². The molecule has 0 radical (unpaired) electrons. The molecule has 0 spiro atoms. The minimum atomic E-state index is -2.70. The first-order chi connectivity index (χ1) is 6.47. The van der Waals surface area contributed by atoms with Crippen LogP contribution in [0.15, 0.2) is 12.4 Å². The van der Waals surface area contributed by atoms with Crippen LogP contribution in [0.4, 0.5) is 8.78 Å². The van der Waals surface area contributed by atoms with Gasteiger partial charge in [0.2, 0.25) is 0 Å². The lowest BCUT2D eigenvalue weighted by Gasteiger charge is -2.15. The van der Waals surface area contributed by atoms with E-state index in [9.17, 15) is 13.9 Å². The molecular formula is C9H8F2N2O. The average Bonchev–Trinajstić information content (AvgIpc) is 2.18. The monoisotopic (exact) mass is 198 g/mol. The van der Waals surface area contributed by atoms with Crippen LogP contribution in [0.3, 0.4) is 0 Å². The molecule has 1 heterocycles. The fraction of sp³-hybridized carbons (Fsp3) is 0.333. The minimum Gasteiger partial charge on any atom is -0.372 e. The zero-order valence-corrected chi connectivity index (χ0v) is 7.41. The van der Waals surface area contributed by atoms with Crippen molar-refractivity contribution < 1.29 is 13.9 Å². The predicted molar refractivity (Wildman–Crippen MR) is 45.4 cm³/mol. The lowest BCUT2D eigenvalue weighted by atomic mass is 10.0. The Balaban J connectivity index is 3.14. The van der Waals surface area contributed by atoms with E-state index in [4.69, 9.17) is 6.42 Å². The van der Waals surface area contributed by atoms with Gasteiger partial charge in [0, 0.05) is 0 Å². The Hall–Kier alpha value is -1.54. The number of terminal acetylenes is 1. The normalized spacial score (nSPS) is 14.9. The van der Waals surface area contributed by atoms with Crippen molar-refractivity contribution in [2.24, 2.45) is 0 Å². The van der Waals surface area contributed by atoms with Crippen LogP contribution < -0.4 is 0 Å². The van der Waals surface area contributed by atoms with Crippen molar-refractivity contribution >= 4 is 0 Å². The van der Waals surface area contributed by atoms with Gasteiger partial charge in [0.25, 0.3) is 6.43 Å². The van der Waals surface area contributed by atoms with Crippen LogP contribution >= 0.6 is 0 Å². The predicted octanol–water partition coefficient (Wildman–Crippen LogP) is 1.25. The first kappa shape index (κ1) is 10.5. The fourth-order valence-corrected chi connectivity index (χ4v) is 0.832. The third kappa shape index (κ3) is 2.03. The molecule has 0 fully saturated rings. The molecule has 1 rings (SSSR count). The van der Waals surface area contributed by atoms with E-state index in [1.165, 1.54) is 6.92 Å². The largest absolute Gasteiger partial charge is 0.372 e. The number of halogens is 2. The molecule has 74 valence electrons. The molecule has 0 aliphatic carbocycles. The Kier molecular flexibility index (Phi) is 2.77. The number of alkyl halides is 2. The summed E-state index contributed by atoms with van der Waals surface area (Å²) in [5.74, 6) is 2.04. The molecule has 1 atom stereocenters. The molecule has 5 heteroatoms. The maximum Gasteiger partial charge on any atom is 0.280 e. The smallest absolute Gasteiger partial charge is 0.280 e. The van der Waals surface area contributed by atoms with Crippen molar-refractivity contribution in [2.45, 2.75) is 19.0 Å². The van der Waals surface area contributed by atoms with E-state index in [0.29, 0.717) is 0 Å². The van der Waals surface area contributed by atoms with Gasteiger partial charge in [-0.25, -0.2) is 18.7 Å². The second-order valence-corrected chi connectivity index (χ2v) is 2.85. The zero-order chi connectivity index (χ0) is 10.8. The van der Waals surface area contributed by atoms with Crippen LogP contribution in [0.25, 0.3) is 0 Å². The van der Waals surface area contributed by atoms with Crippen LogP contribution in [0, 0.1) is 12.3 Å². The van der Waals surface area contributed by atoms with E-state index in [-0.39, 0.29) is 5.69 Å². The highest BCUT2D eigenvalue weighted by molar-refractivity contribution is 5.23. The summed E-state index contributed by atoms with van der Waals surface area (Å²) < 4.78 is 24.4. The van der Waals surface area contributed by atoms with Crippen molar-refractivity contribution in [1.29, 1.82) is 0 Å². The van der Waals surface area contributed by atoms with E-state index in [0.717, 1.165) is 12.4 Å². The molecule has 1 N–H and O–H groups in total. The summed E-state index contributed by atoms with van der Waals surface area (Å²) in [7, 11) is 0. The summed E-state index contributed by atoms with van der Waals surface area (Å²) in [5, 5.41) is 9.53. The third-order valence-electron chi connectivity index (χ3n) is 1.69. The molecule has 0 saturated carbocycles. The van der Waals surface area contributed by atoms with E-state index < -0.39 is 17.7 Å². The fourth-order valence-electron chi connectivity index (χ4n) is 0.832. The standard InChI is InChI=1S/C9H8F2N2O/c1-3-9(2,14)7-4-6(8(10)11)12-5-13-7/h1,4-5,8,14H,2H3/t9-/m1/s1. The van der Waals surface area contributed by atoms with E-state index >= 15 is 0 Å². The van der Waals surface area contributed by atoms with Gasteiger partial charge in [-0.2, -0.15) is 0 Å². The number of nitrogens with zero attached hydrogens (tertiary/aromatic N) is 2. The second kappa shape index (κ2) is 3.68. The Labute approximate surface area is 79.8 Å². The molecule has 1 aromatic heterocycles. The highest BCUT2D eigenvalue weighted by Crippen LogP contribution is 2.21. The van der Waals surface area contributed by atoms with Gasteiger partial charge in [-0.15, -0.1) is 6.42 Å². The topological polar surface area (TPSA) is 46.0 Å². The molecule has 0 aromatic carbocycles. The van der Waals surface area contributed by atoms with E-state index in [2.05, 4.69) is 9.97 Å². The van der Waals surface area contributed by atoms with Gasteiger partial charge >= 0.3 is 0 Å². The van der Waals surface area contributed by atoms with Crippen molar-refractivity contribution in [1.82, 2.24) is 9.97 Å². The van der Waals surface area contributed by atoms with Crippen LogP contribution in [0.5, 0.6) is 0 Å². The summed E-state index contributed by atoms with van der Waals surface area (Å²) in [6, 6.07) is 0.991. The van der Waals surface area contributed by atoms with E-state index in [1.54, 1.807) is 0 Å². The van der Waals surface area contributed by atoms with Gasteiger partial charge in [-0.05, 0) is 13.0 Å². The molecule has 0 aliphatic rings. The second-order valence-electron chi connectivity index (χ2n) is 2.85. The van der Waals surface area contributed by atoms with Crippen molar-refractivity contribution in [3.63, 3.8) is 0 Å². The Morgan fingerprint density at radius 1 is 1.57 bits per heavy atom. The van der Waals surface area contributed by atoms with Gasteiger partial charge < -0.3 is 5.11 Å². The van der Waals surface area contributed by atoms with Crippen molar-refractivity contribution in [2.75, 3.05) is 0 Å². The number of aliphatic hydroxyl groups is 1. The highest BCUT2D eigenvalue weighted by atomic mass is 19.3. The highest BCUT2D eigenvalue weighted by Gasteiger charge is 2.23. The Morgan fingerprint density at radius 2 is 2.21 bits per heavy atom. The number of hydrogen-bond donors (Lipinski definition) is 1. The first-order valence-corrected chi connectivity index (χ1v) is 3.78. The molecular weight excluding hydrogens is 190 g/mol. The summed E-state index contributed by atoms with van der Waals surface area (Å²) in [5.41, 5.74) is -2.11. The minimum absolute atomic E-state index is 0.00898. The molecule has 0 saturated heterocycles. The maximum absolute atomic E-state index is 12.2. The third-order valence-corrected chi connectivity index (χ3v) is 1.69. The first-order valence-electron chi connectivity index (χ1n) is 3.78. The number of hydrogen-bond acceptors (Lipinski definition) is 3. The number of rotatable bonds is 2. The van der Waals surface area contributed by atoms with Gasteiger partial charge in [0.1, 0.15) is 12.0 Å². The molecule has 0 aliphatic heterocycles. The van der Waals surface area contributed by atoms with Crippen LogP contribution in [-0.4, -0.2) is 15.1 Å². The Morgan fingerprint density at radius 3 is 2.71 bits per heavy atom. The SMILES string of the molecule is C#C[C@@](C)(O)c1cc(C(F)F)ncn1. The summed E-state index contributed by atoms with van der Waals surface area (Å²) in [6.45, 7) is 1.30. The van der Waals surface area contributed by atoms with Gasteiger partial charge in [0.05, 0.1) is 5.69 Å². The molecule has 14 heavy (non-hydrogen) atoms. The lowest BCUT2D eigenvalue weighted by molar-refractivity contribution is 0.115. The van der Waals surface area contributed by atoms with Crippen LogP contribution in [-0.2, 0) is 5.60 Å². The summed E-state index contributed by atoms with van der Waals surface area (Å²) >= 11 is 0. The van der Waals surface area contributed by atoms with Crippen molar-refractivity contribution in [3.8, 4) is 12.3 Å². The molecule has 0 amide bonds. The maximum atomic E-state index is 12.2. The lowest BCUT2D eigenvalue weighted by Crippen LogP contribution is -2.20. The average molecular weight is 198 g/mol. The van der Waals surface area contributed by atoms with Gasteiger partial charge in [-0.3, -0.25) is 0 Å². The van der Waals surface area contributed by atoms with Crippen LogP contribution in [0.2, 0.25) is 0 Å². The zero-order valence-electron chi connectivity index (χ0n) is 7.41. The molecule has 1 aromatic rings. The van der Waals surface area contributed by atoms with E-state index in [1.807, 2.05) is 5.92 Å². The molecule has 0 bridgehead atoms.